The molecule has 5 nitrogen and oxygen atoms in total. The fourth-order valence-electron chi connectivity index (χ4n) is 2.89. The Morgan fingerprint density at radius 3 is 2.52 bits per heavy atom. The van der Waals surface area contributed by atoms with Crippen molar-refractivity contribution < 1.29 is 19.0 Å². The average molecular weight is 321 g/mol. The molecule has 1 aliphatic rings. The Balaban J connectivity index is 2.32. The highest BCUT2D eigenvalue weighted by Gasteiger charge is 2.33. The van der Waals surface area contributed by atoms with Crippen molar-refractivity contribution in [3.63, 3.8) is 0 Å². The maximum Gasteiger partial charge on any atom is 0.410 e. The van der Waals surface area contributed by atoms with Crippen molar-refractivity contribution in [3.05, 3.63) is 23.8 Å². The number of benzene rings is 1. The molecule has 0 spiro atoms. The van der Waals surface area contributed by atoms with Crippen LogP contribution in [0.3, 0.4) is 0 Å². The second kappa shape index (κ2) is 7.11. The summed E-state index contributed by atoms with van der Waals surface area (Å²) in [6, 6.07) is 5.65. The van der Waals surface area contributed by atoms with Crippen LogP contribution in [0, 0.1) is 0 Å². The van der Waals surface area contributed by atoms with Crippen LogP contribution in [0.1, 0.15) is 51.6 Å². The van der Waals surface area contributed by atoms with Crippen LogP contribution in [0.4, 0.5) is 4.79 Å². The van der Waals surface area contributed by atoms with Crippen LogP contribution in [-0.4, -0.2) is 37.4 Å². The second-order valence-corrected chi connectivity index (χ2v) is 6.79. The molecule has 0 saturated carbocycles. The van der Waals surface area contributed by atoms with Crippen LogP contribution >= 0.6 is 0 Å². The standard InChI is InChI=1S/C18H27NO4/c1-18(2,3)23-17(20)19-11-7-6-8-15(19)14-12-13(21-4)9-10-16(14)22-5/h9-10,12,15H,6-8,11H2,1-5H3/t15-/m1/s1. The van der Waals surface area contributed by atoms with Crippen LogP contribution in [0.15, 0.2) is 18.2 Å². The first-order valence-electron chi connectivity index (χ1n) is 8.07. The van der Waals surface area contributed by atoms with Gasteiger partial charge >= 0.3 is 6.09 Å². The lowest BCUT2D eigenvalue weighted by Gasteiger charge is -2.37. The van der Waals surface area contributed by atoms with Crippen LogP contribution in [0.2, 0.25) is 0 Å². The van der Waals surface area contributed by atoms with Crippen molar-refractivity contribution in [1.29, 1.82) is 0 Å². The number of amides is 1. The Kier molecular flexibility index (Phi) is 5.39. The lowest BCUT2D eigenvalue weighted by atomic mass is 9.94. The SMILES string of the molecule is COc1ccc(OC)c([C@H]2CCCCN2C(=O)OC(C)(C)C)c1. The van der Waals surface area contributed by atoms with Gasteiger partial charge in [0.05, 0.1) is 20.3 Å². The topological polar surface area (TPSA) is 48.0 Å². The number of rotatable bonds is 3. The summed E-state index contributed by atoms with van der Waals surface area (Å²) < 4.78 is 16.4. The number of carbonyl (C=O) groups is 1. The third-order valence-corrected chi connectivity index (χ3v) is 3.93. The molecule has 23 heavy (non-hydrogen) atoms. The molecule has 1 aliphatic heterocycles. The van der Waals surface area contributed by atoms with Gasteiger partial charge in [0.1, 0.15) is 17.1 Å². The minimum absolute atomic E-state index is 0.0522. The number of ether oxygens (including phenoxy) is 3. The Bertz CT molecular complexity index is 550. The van der Waals surface area contributed by atoms with E-state index in [0.29, 0.717) is 6.54 Å². The quantitative estimate of drug-likeness (QED) is 0.838. The minimum Gasteiger partial charge on any atom is -0.497 e. The predicted octanol–water partition coefficient (Wildman–Crippen LogP) is 4.17. The summed E-state index contributed by atoms with van der Waals surface area (Å²) in [6.45, 7) is 6.35. The largest absolute Gasteiger partial charge is 0.497 e. The molecule has 0 bridgehead atoms. The monoisotopic (exact) mass is 321 g/mol. The highest BCUT2D eigenvalue weighted by Crippen LogP contribution is 2.38. The van der Waals surface area contributed by atoms with E-state index in [-0.39, 0.29) is 12.1 Å². The van der Waals surface area contributed by atoms with Crippen LogP contribution in [0.5, 0.6) is 11.5 Å². The normalized spacial score (nSPS) is 18.5. The van der Waals surface area contributed by atoms with Gasteiger partial charge < -0.3 is 19.1 Å². The van der Waals surface area contributed by atoms with Gasteiger partial charge in [0.2, 0.25) is 0 Å². The molecule has 0 unspecified atom stereocenters. The number of nitrogens with zero attached hydrogens (tertiary/aromatic N) is 1. The Hall–Kier alpha value is -1.91. The van der Waals surface area contributed by atoms with E-state index in [1.807, 2.05) is 43.9 Å². The minimum atomic E-state index is -0.502. The number of piperidine rings is 1. The summed E-state index contributed by atoms with van der Waals surface area (Å²) in [6.07, 6.45) is 2.68. The maximum atomic E-state index is 12.6. The summed E-state index contributed by atoms with van der Waals surface area (Å²) in [7, 11) is 3.28. The highest BCUT2D eigenvalue weighted by molar-refractivity contribution is 5.69. The van der Waals surface area contributed by atoms with E-state index in [1.54, 1.807) is 14.2 Å². The summed E-state index contributed by atoms with van der Waals surface area (Å²) in [5.74, 6) is 1.53. The fourth-order valence-corrected chi connectivity index (χ4v) is 2.89. The number of carbonyl (C=O) groups excluding carboxylic acids is 1. The number of methoxy groups -OCH3 is 2. The van der Waals surface area contributed by atoms with E-state index in [0.717, 1.165) is 36.3 Å². The molecule has 1 heterocycles. The fraction of sp³-hybridized carbons (Fsp3) is 0.611. The van der Waals surface area contributed by atoms with Crippen molar-refractivity contribution in [2.75, 3.05) is 20.8 Å². The van der Waals surface area contributed by atoms with Crippen molar-refractivity contribution >= 4 is 6.09 Å². The second-order valence-electron chi connectivity index (χ2n) is 6.79. The molecule has 0 N–H and O–H groups in total. The average Bonchev–Trinajstić information content (AvgIpc) is 2.52. The molecule has 1 aromatic carbocycles. The van der Waals surface area contributed by atoms with Crippen LogP contribution in [-0.2, 0) is 4.74 Å². The van der Waals surface area contributed by atoms with Gasteiger partial charge in [0, 0.05) is 12.1 Å². The summed E-state index contributed by atoms with van der Waals surface area (Å²) in [4.78, 5) is 14.4. The van der Waals surface area contributed by atoms with Gasteiger partial charge in [-0.3, -0.25) is 0 Å². The summed E-state index contributed by atoms with van der Waals surface area (Å²) in [5, 5.41) is 0. The summed E-state index contributed by atoms with van der Waals surface area (Å²) >= 11 is 0. The van der Waals surface area contributed by atoms with Crippen LogP contribution in [0.25, 0.3) is 0 Å². The molecule has 128 valence electrons. The smallest absolute Gasteiger partial charge is 0.410 e. The third-order valence-electron chi connectivity index (χ3n) is 3.93. The molecule has 1 atom stereocenters. The zero-order valence-corrected chi connectivity index (χ0v) is 14.7. The lowest BCUT2D eigenvalue weighted by molar-refractivity contribution is 0.00926. The summed E-state index contributed by atoms with van der Waals surface area (Å²) in [5.41, 5.74) is 0.467. The zero-order chi connectivity index (χ0) is 17.0. The molecule has 0 radical (unpaired) electrons. The van der Waals surface area contributed by atoms with E-state index in [2.05, 4.69) is 0 Å². The first kappa shape index (κ1) is 17.4. The molecule has 2 rings (SSSR count). The predicted molar refractivity (Wildman–Crippen MR) is 89.1 cm³/mol. The first-order valence-corrected chi connectivity index (χ1v) is 8.07. The third kappa shape index (κ3) is 4.30. The molecule has 1 aromatic rings. The Labute approximate surface area is 138 Å². The van der Waals surface area contributed by atoms with Gasteiger partial charge in [-0.25, -0.2) is 4.79 Å². The van der Waals surface area contributed by atoms with Crippen molar-refractivity contribution in [3.8, 4) is 11.5 Å². The Morgan fingerprint density at radius 2 is 1.91 bits per heavy atom. The van der Waals surface area contributed by atoms with E-state index >= 15 is 0 Å². The van der Waals surface area contributed by atoms with E-state index in [4.69, 9.17) is 14.2 Å². The number of hydrogen-bond acceptors (Lipinski definition) is 4. The van der Waals surface area contributed by atoms with E-state index < -0.39 is 5.60 Å². The van der Waals surface area contributed by atoms with Gasteiger partial charge in [0.15, 0.2) is 0 Å². The van der Waals surface area contributed by atoms with Gasteiger partial charge in [0.25, 0.3) is 0 Å². The number of likely N-dealkylation sites (tertiary alicyclic amines) is 1. The first-order chi connectivity index (χ1) is 10.9. The van der Waals surface area contributed by atoms with Gasteiger partial charge in [-0.05, 0) is 58.2 Å². The zero-order valence-electron chi connectivity index (χ0n) is 14.7. The molecule has 1 saturated heterocycles. The van der Waals surface area contributed by atoms with E-state index in [9.17, 15) is 4.79 Å². The van der Waals surface area contributed by atoms with Gasteiger partial charge in [-0.1, -0.05) is 0 Å². The van der Waals surface area contributed by atoms with E-state index in [1.165, 1.54) is 0 Å². The van der Waals surface area contributed by atoms with Crippen molar-refractivity contribution in [2.24, 2.45) is 0 Å². The molecular formula is C18H27NO4. The maximum absolute atomic E-state index is 12.6. The van der Waals surface area contributed by atoms with Crippen molar-refractivity contribution in [1.82, 2.24) is 4.90 Å². The molecule has 1 amide bonds. The molecular weight excluding hydrogens is 294 g/mol. The molecule has 5 heteroatoms. The van der Waals surface area contributed by atoms with Crippen molar-refractivity contribution in [2.45, 2.75) is 51.7 Å². The Morgan fingerprint density at radius 1 is 1.17 bits per heavy atom. The molecule has 0 aliphatic carbocycles. The molecule has 1 fully saturated rings. The lowest BCUT2D eigenvalue weighted by Crippen LogP contribution is -2.42. The number of hydrogen-bond donors (Lipinski definition) is 0. The van der Waals surface area contributed by atoms with Gasteiger partial charge in [-0.15, -0.1) is 0 Å². The van der Waals surface area contributed by atoms with Gasteiger partial charge in [-0.2, -0.15) is 0 Å². The highest BCUT2D eigenvalue weighted by atomic mass is 16.6. The molecule has 0 aromatic heterocycles. The van der Waals surface area contributed by atoms with Crippen LogP contribution < -0.4 is 9.47 Å².